The van der Waals surface area contributed by atoms with Gasteiger partial charge in [-0.2, -0.15) is 0 Å². The van der Waals surface area contributed by atoms with Gasteiger partial charge < -0.3 is 9.42 Å². The molecule has 120 valence electrons. The van der Waals surface area contributed by atoms with Gasteiger partial charge in [0.1, 0.15) is 0 Å². The van der Waals surface area contributed by atoms with Gasteiger partial charge in [-0.05, 0) is 18.6 Å². The van der Waals surface area contributed by atoms with Crippen molar-refractivity contribution in [2.75, 3.05) is 13.1 Å². The minimum atomic E-state index is -0.0839. The quantitative estimate of drug-likeness (QED) is 0.742. The molecule has 1 saturated heterocycles. The summed E-state index contributed by atoms with van der Waals surface area (Å²) in [7, 11) is 0. The highest BCUT2D eigenvalue weighted by Crippen LogP contribution is 2.27. The summed E-state index contributed by atoms with van der Waals surface area (Å²) in [6, 6.07) is 17.3. The molecule has 4 rings (SSSR count). The van der Waals surface area contributed by atoms with Gasteiger partial charge >= 0.3 is 0 Å². The Bertz CT molecular complexity index is 830. The largest absolute Gasteiger partial charge is 0.355 e. The maximum absolute atomic E-state index is 12.7. The Labute approximate surface area is 139 Å². The number of pyridine rings is 1. The molecule has 0 radical (unpaired) electrons. The van der Waals surface area contributed by atoms with Crippen LogP contribution in [0.5, 0.6) is 0 Å². The van der Waals surface area contributed by atoms with E-state index in [4.69, 9.17) is 4.52 Å². The number of carbonyl (C=O) groups is 1. The zero-order valence-corrected chi connectivity index (χ0v) is 13.1. The van der Waals surface area contributed by atoms with E-state index < -0.39 is 0 Å². The molecule has 0 aliphatic carbocycles. The second kappa shape index (κ2) is 6.28. The minimum Gasteiger partial charge on any atom is -0.355 e. The monoisotopic (exact) mass is 319 g/mol. The number of hydrogen-bond acceptors (Lipinski definition) is 4. The van der Waals surface area contributed by atoms with Gasteiger partial charge in [0.25, 0.3) is 5.91 Å². The van der Waals surface area contributed by atoms with Crippen LogP contribution in [0.1, 0.15) is 28.5 Å². The number of aromatic nitrogens is 2. The van der Waals surface area contributed by atoms with E-state index in [1.807, 2.05) is 53.4 Å². The highest BCUT2D eigenvalue weighted by atomic mass is 16.5. The van der Waals surface area contributed by atoms with Crippen molar-refractivity contribution in [3.8, 4) is 11.3 Å². The molecule has 3 aromatic rings. The van der Waals surface area contributed by atoms with Crippen LogP contribution in [-0.2, 0) is 0 Å². The highest BCUT2D eigenvalue weighted by molar-refractivity contribution is 5.93. The summed E-state index contributed by atoms with van der Waals surface area (Å²) in [5, 5.41) is 3.95. The summed E-state index contributed by atoms with van der Waals surface area (Å²) >= 11 is 0. The summed E-state index contributed by atoms with van der Waals surface area (Å²) < 4.78 is 5.33. The van der Waals surface area contributed by atoms with Gasteiger partial charge in [0.05, 0.1) is 0 Å². The molecule has 5 heteroatoms. The minimum absolute atomic E-state index is 0.0839. The van der Waals surface area contributed by atoms with Crippen LogP contribution < -0.4 is 0 Å². The number of hydrogen-bond donors (Lipinski definition) is 0. The summed E-state index contributed by atoms with van der Waals surface area (Å²) in [6.07, 6.45) is 2.72. The molecule has 2 aromatic heterocycles. The molecule has 5 nitrogen and oxygen atoms in total. The predicted octanol–water partition coefficient (Wildman–Crippen LogP) is 3.37. The van der Waals surface area contributed by atoms with Crippen LogP contribution in [0, 0.1) is 0 Å². The maximum Gasteiger partial charge on any atom is 0.276 e. The van der Waals surface area contributed by atoms with E-state index in [0.29, 0.717) is 24.5 Å². The average molecular weight is 319 g/mol. The third kappa shape index (κ3) is 2.80. The molecule has 0 saturated carbocycles. The van der Waals surface area contributed by atoms with Gasteiger partial charge in [0, 0.05) is 42.5 Å². The van der Waals surface area contributed by atoms with Crippen molar-refractivity contribution in [1.82, 2.24) is 15.0 Å². The normalized spacial score (nSPS) is 17.2. The second-order valence-electron chi connectivity index (χ2n) is 5.93. The summed E-state index contributed by atoms with van der Waals surface area (Å²) in [4.78, 5) is 18.9. The van der Waals surface area contributed by atoms with Crippen LogP contribution >= 0.6 is 0 Å². The first-order chi connectivity index (χ1) is 11.8. The molecule has 0 bridgehead atoms. The van der Waals surface area contributed by atoms with E-state index in [-0.39, 0.29) is 11.8 Å². The number of nitrogens with zero attached hydrogens (tertiary/aromatic N) is 3. The highest BCUT2D eigenvalue weighted by Gasteiger charge is 2.30. The number of amides is 1. The predicted molar refractivity (Wildman–Crippen MR) is 89.4 cm³/mol. The zero-order valence-electron chi connectivity index (χ0n) is 13.1. The van der Waals surface area contributed by atoms with Crippen LogP contribution in [0.2, 0.25) is 0 Å². The van der Waals surface area contributed by atoms with Crippen LogP contribution in [0.15, 0.2) is 65.3 Å². The molecule has 3 heterocycles. The number of rotatable bonds is 3. The summed E-state index contributed by atoms with van der Waals surface area (Å²) in [5.74, 6) is 0.814. The molecule has 0 unspecified atom stereocenters. The molecular weight excluding hydrogens is 302 g/mol. The molecule has 1 aromatic carbocycles. The smallest absolute Gasteiger partial charge is 0.276 e. The average Bonchev–Trinajstić information content (AvgIpc) is 3.33. The van der Waals surface area contributed by atoms with Crippen molar-refractivity contribution in [1.29, 1.82) is 0 Å². The Morgan fingerprint density at radius 1 is 1.12 bits per heavy atom. The fraction of sp³-hybridized carbons (Fsp3) is 0.211. The SMILES string of the molecule is O=C(c1cc(-c2ccccc2)on1)N1CC[C@@H](c2ccccn2)C1. The molecule has 1 aliphatic heterocycles. The Morgan fingerprint density at radius 3 is 2.75 bits per heavy atom. The number of benzene rings is 1. The fourth-order valence-corrected chi connectivity index (χ4v) is 3.08. The zero-order chi connectivity index (χ0) is 16.4. The Balaban J connectivity index is 1.48. The lowest BCUT2D eigenvalue weighted by Gasteiger charge is -2.14. The van der Waals surface area contributed by atoms with Crippen molar-refractivity contribution < 1.29 is 9.32 Å². The summed E-state index contributed by atoms with van der Waals surface area (Å²) in [5.41, 5.74) is 2.31. The molecule has 1 fully saturated rings. The van der Waals surface area contributed by atoms with Gasteiger partial charge in [-0.25, -0.2) is 0 Å². The van der Waals surface area contributed by atoms with Crippen molar-refractivity contribution in [2.45, 2.75) is 12.3 Å². The molecule has 1 amide bonds. The lowest BCUT2D eigenvalue weighted by atomic mass is 10.0. The topological polar surface area (TPSA) is 59.2 Å². The molecule has 0 N–H and O–H groups in total. The van der Waals surface area contributed by atoms with Crippen molar-refractivity contribution >= 4 is 5.91 Å². The molecule has 0 spiro atoms. The third-order valence-electron chi connectivity index (χ3n) is 4.37. The van der Waals surface area contributed by atoms with Crippen LogP contribution in [0.4, 0.5) is 0 Å². The Kier molecular flexibility index (Phi) is 3.83. The van der Waals surface area contributed by atoms with Crippen LogP contribution in [0.25, 0.3) is 11.3 Å². The van der Waals surface area contributed by atoms with Gasteiger partial charge in [-0.15, -0.1) is 0 Å². The van der Waals surface area contributed by atoms with E-state index in [9.17, 15) is 4.79 Å². The lowest BCUT2D eigenvalue weighted by molar-refractivity contribution is 0.0780. The van der Waals surface area contributed by atoms with Gasteiger partial charge in [0.2, 0.25) is 0 Å². The van der Waals surface area contributed by atoms with E-state index in [0.717, 1.165) is 17.7 Å². The van der Waals surface area contributed by atoms with Crippen molar-refractivity contribution in [2.24, 2.45) is 0 Å². The molecule has 24 heavy (non-hydrogen) atoms. The van der Waals surface area contributed by atoms with Gasteiger partial charge in [0.15, 0.2) is 11.5 Å². The Hall–Kier alpha value is -2.95. The first-order valence-corrected chi connectivity index (χ1v) is 8.03. The lowest BCUT2D eigenvalue weighted by Crippen LogP contribution is -2.28. The fourth-order valence-electron chi connectivity index (χ4n) is 3.08. The van der Waals surface area contributed by atoms with E-state index in [1.54, 1.807) is 12.3 Å². The van der Waals surface area contributed by atoms with E-state index in [2.05, 4.69) is 10.1 Å². The van der Waals surface area contributed by atoms with Gasteiger partial charge in [-0.3, -0.25) is 9.78 Å². The summed E-state index contributed by atoms with van der Waals surface area (Å²) in [6.45, 7) is 1.39. The van der Waals surface area contributed by atoms with E-state index in [1.165, 1.54) is 0 Å². The maximum atomic E-state index is 12.7. The standard InChI is InChI=1S/C19H17N3O2/c23-19(17-12-18(24-21-17)14-6-2-1-3-7-14)22-11-9-15(13-22)16-8-4-5-10-20-16/h1-8,10,12,15H,9,11,13H2/t15-/m1/s1. The number of carbonyl (C=O) groups excluding carboxylic acids is 1. The molecule has 1 atom stereocenters. The Morgan fingerprint density at radius 2 is 1.96 bits per heavy atom. The first-order valence-electron chi connectivity index (χ1n) is 8.03. The first kappa shape index (κ1) is 14.6. The van der Waals surface area contributed by atoms with Crippen LogP contribution in [-0.4, -0.2) is 34.0 Å². The molecule has 1 aliphatic rings. The van der Waals surface area contributed by atoms with Crippen molar-refractivity contribution in [3.63, 3.8) is 0 Å². The number of likely N-dealkylation sites (tertiary alicyclic amines) is 1. The third-order valence-corrected chi connectivity index (χ3v) is 4.37. The van der Waals surface area contributed by atoms with Gasteiger partial charge in [-0.1, -0.05) is 41.6 Å². The van der Waals surface area contributed by atoms with E-state index >= 15 is 0 Å². The van der Waals surface area contributed by atoms with Crippen LogP contribution in [0.3, 0.4) is 0 Å². The second-order valence-corrected chi connectivity index (χ2v) is 5.93. The van der Waals surface area contributed by atoms with Crippen molar-refractivity contribution in [3.05, 3.63) is 72.2 Å². The molecular formula is C19H17N3O2.